The van der Waals surface area contributed by atoms with Crippen LogP contribution in [0.4, 0.5) is 0 Å². The van der Waals surface area contributed by atoms with Crippen LogP contribution in [-0.4, -0.2) is 37.1 Å². The molecule has 0 aromatic heterocycles. The van der Waals surface area contributed by atoms with Crippen molar-refractivity contribution >= 4 is 0 Å². The van der Waals surface area contributed by atoms with Crippen LogP contribution in [0.3, 0.4) is 0 Å². The molecule has 0 amide bonds. The number of nitrogens with one attached hydrogen (secondary N) is 1. The minimum atomic E-state index is 0.440. The topological polar surface area (TPSA) is 15.3 Å². The van der Waals surface area contributed by atoms with Crippen molar-refractivity contribution in [2.24, 2.45) is 5.41 Å². The van der Waals surface area contributed by atoms with E-state index in [1.54, 1.807) is 0 Å². The normalized spacial score (nSPS) is 32.1. The second-order valence-electron chi connectivity index (χ2n) is 5.75. The van der Waals surface area contributed by atoms with E-state index in [9.17, 15) is 0 Å². The van der Waals surface area contributed by atoms with Gasteiger partial charge in [-0.15, -0.1) is 0 Å². The largest absolute Gasteiger partial charge is 0.309 e. The van der Waals surface area contributed by atoms with Gasteiger partial charge in [0.1, 0.15) is 0 Å². The molecular weight excluding hydrogens is 160 g/mol. The first-order valence-electron chi connectivity index (χ1n) is 5.31. The summed E-state index contributed by atoms with van der Waals surface area (Å²) in [6.45, 7) is 11.6. The smallest absolute Gasteiger partial charge is 0.0202 e. The van der Waals surface area contributed by atoms with Gasteiger partial charge in [0, 0.05) is 25.2 Å². The maximum atomic E-state index is 3.66. The van der Waals surface area contributed by atoms with E-state index in [1.807, 2.05) is 0 Å². The summed E-state index contributed by atoms with van der Waals surface area (Å²) in [5, 5.41) is 3.66. The van der Waals surface area contributed by atoms with Gasteiger partial charge in [0.15, 0.2) is 0 Å². The maximum Gasteiger partial charge on any atom is 0.0202 e. The van der Waals surface area contributed by atoms with Gasteiger partial charge in [0.25, 0.3) is 0 Å². The van der Waals surface area contributed by atoms with Crippen molar-refractivity contribution in [3.8, 4) is 0 Å². The molecule has 13 heavy (non-hydrogen) atoms. The molecule has 0 bridgehead atoms. The van der Waals surface area contributed by atoms with Gasteiger partial charge in [-0.1, -0.05) is 20.8 Å². The zero-order chi connectivity index (χ0) is 10.1. The lowest BCUT2D eigenvalue weighted by Crippen LogP contribution is -2.54. The zero-order valence-corrected chi connectivity index (χ0v) is 9.72. The summed E-state index contributed by atoms with van der Waals surface area (Å²) in [5.41, 5.74) is 0.440. The van der Waals surface area contributed by atoms with E-state index in [4.69, 9.17) is 0 Å². The number of rotatable bonds is 1. The second kappa shape index (κ2) is 3.97. The van der Waals surface area contributed by atoms with Gasteiger partial charge in [-0.25, -0.2) is 0 Å². The van der Waals surface area contributed by atoms with Crippen molar-refractivity contribution < 1.29 is 0 Å². The molecule has 1 saturated heterocycles. The Hall–Kier alpha value is -0.0800. The summed E-state index contributed by atoms with van der Waals surface area (Å²) in [7, 11) is 2.22. The molecule has 1 N–H and O–H groups in total. The number of piperazine rings is 1. The van der Waals surface area contributed by atoms with Gasteiger partial charge < -0.3 is 10.2 Å². The van der Waals surface area contributed by atoms with Crippen LogP contribution in [0.15, 0.2) is 0 Å². The summed E-state index contributed by atoms with van der Waals surface area (Å²) in [6, 6.07) is 1.32. The average Bonchev–Trinajstić information content (AvgIpc) is 1.78. The van der Waals surface area contributed by atoms with E-state index in [-0.39, 0.29) is 0 Å². The van der Waals surface area contributed by atoms with Crippen molar-refractivity contribution in [3.63, 3.8) is 0 Å². The highest BCUT2D eigenvalue weighted by Gasteiger charge is 2.25. The van der Waals surface area contributed by atoms with Gasteiger partial charge in [-0.3, -0.25) is 0 Å². The minimum absolute atomic E-state index is 0.440. The lowest BCUT2D eigenvalue weighted by atomic mass is 9.87. The van der Waals surface area contributed by atoms with Crippen LogP contribution in [0.25, 0.3) is 0 Å². The van der Waals surface area contributed by atoms with Crippen LogP contribution in [-0.2, 0) is 0 Å². The molecule has 1 rings (SSSR count). The fraction of sp³-hybridized carbons (Fsp3) is 1.00. The summed E-state index contributed by atoms with van der Waals surface area (Å²) in [4.78, 5) is 2.43. The molecule has 1 unspecified atom stereocenters. The Morgan fingerprint density at radius 2 is 1.92 bits per heavy atom. The Labute approximate surface area is 82.7 Å². The van der Waals surface area contributed by atoms with Crippen molar-refractivity contribution in [2.45, 2.75) is 46.2 Å². The first-order chi connectivity index (χ1) is 5.87. The Kier molecular flexibility index (Phi) is 3.36. The standard InChI is InChI=1S/C11H24N2/c1-9-7-13(5)8-10(12-9)6-11(2,3)4/h9-10,12H,6-8H2,1-5H3/t9-,10?/m0/s1. The molecule has 0 spiro atoms. The molecule has 2 heteroatoms. The molecule has 2 atom stereocenters. The first-order valence-corrected chi connectivity index (χ1v) is 5.31. The highest BCUT2D eigenvalue weighted by Crippen LogP contribution is 2.22. The van der Waals surface area contributed by atoms with E-state index in [1.165, 1.54) is 19.5 Å². The molecule has 0 aliphatic carbocycles. The number of likely N-dealkylation sites (N-methyl/N-ethyl adjacent to an activating group) is 1. The molecule has 78 valence electrons. The quantitative estimate of drug-likeness (QED) is 0.667. The first kappa shape index (κ1) is 11.0. The Bertz CT molecular complexity index is 150. The van der Waals surface area contributed by atoms with E-state index in [0.717, 1.165) is 0 Å². The number of hydrogen-bond donors (Lipinski definition) is 1. The molecule has 1 aliphatic rings. The fourth-order valence-corrected chi connectivity index (χ4v) is 2.29. The summed E-state index contributed by atoms with van der Waals surface area (Å²) in [6.07, 6.45) is 1.27. The molecular formula is C11H24N2. The third kappa shape index (κ3) is 4.10. The molecule has 0 radical (unpaired) electrons. The molecule has 1 fully saturated rings. The highest BCUT2D eigenvalue weighted by atomic mass is 15.2. The highest BCUT2D eigenvalue weighted by molar-refractivity contribution is 4.84. The monoisotopic (exact) mass is 184 g/mol. The van der Waals surface area contributed by atoms with Crippen LogP contribution in [0, 0.1) is 5.41 Å². The van der Waals surface area contributed by atoms with Crippen molar-refractivity contribution in [1.29, 1.82) is 0 Å². The van der Waals surface area contributed by atoms with Crippen LogP contribution in [0.1, 0.15) is 34.1 Å². The van der Waals surface area contributed by atoms with Crippen molar-refractivity contribution in [1.82, 2.24) is 10.2 Å². The predicted molar refractivity (Wildman–Crippen MR) is 58.0 cm³/mol. The van der Waals surface area contributed by atoms with Gasteiger partial charge >= 0.3 is 0 Å². The van der Waals surface area contributed by atoms with E-state index in [2.05, 4.69) is 45.0 Å². The van der Waals surface area contributed by atoms with Crippen LogP contribution in [0.5, 0.6) is 0 Å². The lowest BCUT2D eigenvalue weighted by molar-refractivity contribution is 0.165. The van der Waals surface area contributed by atoms with Crippen molar-refractivity contribution in [2.75, 3.05) is 20.1 Å². The van der Waals surface area contributed by atoms with Crippen molar-refractivity contribution in [3.05, 3.63) is 0 Å². The summed E-state index contributed by atoms with van der Waals surface area (Å²) < 4.78 is 0. The van der Waals surface area contributed by atoms with Gasteiger partial charge in [-0.05, 0) is 25.8 Å². The number of nitrogens with zero attached hydrogens (tertiary/aromatic N) is 1. The predicted octanol–water partition coefficient (Wildman–Crippen LogP) is 1.71. The fourth-order valence-electron chi connectivity index (χ4n) is 2.29. The SMILES string of the molecule is C[C@H]1CN(C)CC(CC(C)(C)C)N1. The molecule has 0 aromatic rings. The molecule has 1 heterocycles. The minimum Gasteiger partial charge on any atom is -0.309 e. The summed E-state index contributed by atoms with van der Waals surface area (Å²) in [5.74, 6) is 0. The molecule has 1 aliphatic heterocycles. The van der Waals surface area contributed by atoms with Gasteiger partial charge in [0.2, 0.25) is 0 Å². The van der Waals surface area contributed by atoms with Gasteiger partial charge in [-0.2, -0.15) is 0 Å². The Morgan fingerprint density at radius 3 is 2.38 bits per heavy atom. The van der Waals surface area contributed by atoms with Crippen LogP contribution < -0.4 is 5.32 Å². The lowest BCUT2D eigenvalue weighted by Gasteiger charge is -2.38. The second-order valence-corrected chi connectivity index (χ2v) is 5.75. The van der Waals surface area contributed by atoms with E-state index >= 15 is 0 Å². The van der Waals surface area contributed by atoms with E-state index < -0.39 is 0 Å². The summed E-state index contributed by atoms with van der Waals surface area (Å²) >= 11 is 0. The average molecular weight is 184 g/mol. The Morgan fingerprint density at radius 1 is 1.31 bits per heavy atom. The molecule has 0 aromatic carbocycles. The maximum absolute atomic E-state index is 3.66. The third-order valence-electron chi connectivity index (χ3n) is 2.50. The van der Waals surface area contributed by atoms with Crippen LogP contribution in [0.2, 0.25) is 0 Å². The number of hydrogen-bond acceptors (Lipinski definition) is 2. The zero-order valence-electron chi connectivity index (χ0n) is 9.72. The Balaban J connectivity index is 2.42. The molecule has 2 nitrogen and oxygen atoms in total. The molecule has 0 saturated carbocycles. The van der Waals surface area contributed by atoms with E-state index in [0.29, 0.717) is 17.5 Å². The third-order valence-corrected chi connectivity index (χ3v) is 2.50. The van der Waals surface area contributed by atoms with Crippen LogP contribution >= 0.6 is 0 Å². The van der Waals surface area contributed by atoms with Gasteiger partial charge in [0.05, 0.1) is 0 Å².